The molecule has 0 spiro atoms. The molecule has 14 heavy (non-hydrogen) atoms. The SMILES string of the molecule is COc1cccc(C(C)CN=[N+]=[N-])c1. The van der Waals surface area contributed by atoms with E-state index in [1.807, 2.05) is 31.2 Å². The summed E-state index contributed by atoms with van der Waals surface area (Å²) in [5.41, 5.74) is 9.32. The van der Waals surface area contributed by atoms with Crippen LogP contribution in [0.3, 0.4) is 0 Å². The second-order valence-corrected chi connectivity index (χ2v) is 3.09. The van der Waals surface area contributed by atoms with Crippen molar-refractivity contribution in [1.82, 2.24) is 0 Å². The monoisotopic (exact) mass is 191 g/mol. The summed E-state index contributed by atoms with van der Waals surface area (Å²) in [6.45, 7) is 2.49. The van der Waals surface area contributed by atoms with Crippen LogP contribution >= 0.6 is 0 Å². The summed E-state index contributed by atoms with van der Waals surface area (Å²) in [6.07, 6.45) is 0. The molecule has 0 amide bonds. The molecule has 1 aromatic rings. The Morgan fingerprint density at radius 2 is 2.36 bits per heavy atom. The molecule has 4 nitrogen and oxygen atoms in total. The van der Waals surface area contributed by atoms with Crippen LogP contribution in [0, 0.1) is 0 Å². The largest absolute Gasteiger partial charge is 0.497 e. The predicted molar refractivity (Wildman–Crippen MR) is 55.4 cm³/mol. The molecule has 0 saturated heterocycles. The highest BCUT2D eigenvalue weighted by Gasteiger charge is 2.04. The van der Waals surface area contributed by atoms with Gasteiger partial charge in [-0.15, -0.1) is 0 Å². The van der Waals surface area contributed by atoms with Gasteiger partial charge in [-0.2, -0.15) is 0 Å². The van der Waals surface area contributed by atoms with Gasteiger partial charge in [0.25, 0.3) is 0 Å². The fourth-order valence-corrected chi connectivity index (χ4v) is 1.21. The molecule has 1 rings (SSSR count). The maximum Gasteiger partial charge on any atom is 0.119 e. The third kappa shape index (κ3) is 2.68. The lowest BCUT2D eigenvalue weighted by Crippen LogP contribution is -1.97. The number of hydrogen-bond donors (Lipinski definition) is 0. The Morgan fingerprint density at radius 3 is 3.00 bits per heavy atom. The van der Waals surface area contributed by atoms with Crippen LogP contribution in [0.15, 0.2) is 29.4 Å². The van der Waals surface area contributed by atoms with Crippen LogP contribution in [0.1, 0.15) is 18.4 Å². The minimum Gasteiger partial charge on any atom is -0.497 e. The zero-order chi connectivity index (χ0) is 10.4. The van der Waals surface area contributed by atoms with Crippen LogP contribution in [0.2, 0.25) is 0 Å². The fourth-order valence-electron chi connectivity index (χ4n) is 1.21. The number of rotatable bonds is 4. The van der Waals surface area contributed by atoms with Crippen molar-refractivity contribution in [3.8, 4) is 5.75 Å². The molecule has 0 aliphatic heterocycles. The van der Waals surface area contributed by atoms with E-state index in [1.165, 1.54) is 0 Å². The van der Waals surface area contributed by atoms with Gasteiger partial charge in [-0.1, -0.05) is 24.2 Å². The molecule has 0 fully saturated rings. The topological polar surface area (TPSA) is 58.0 Å². The van der Waals surface area contributed by atoms with E-state index in [0.29, 0.717) is 6.54 Å². The van der Waals surface area contributed by atoms with E-state index in [9.17, 15) is 0 Å². The second-order valence-electron chi connectivity index (χ2n) is 3.09. The molecular weight excluding hydrogens is 178 g/mol. The molecular formula is C10H13N3O. The molecule has 0 aliphatic carbocycles. The first-order chi connectivity index (χ1) is 6.77. The van der Waals surface area contributed by atoms with Gasteiger partial charge in [-0.05, 0) is 29.1 Å². The van der Waals surface area contributed by atoms with E-state index < -0.39 is 0 Å². The minimum absolute atomic E-state index is 0.223. The Morgan fingerprint density at radius 1 is 1.57 bits per heavy atom. The Balaban J connectivity index is 2.78. The third-order valence-corrected chi connectivity index (χ3v) is 2.08. The van der Waals surface area contributed by atoms with Crippen molar-refractivity contribution < 1.29 is 4.74 Å². The average Bonchev–Trinajstić information content (AvgIpc) is 2.26. The lowest BCUT2D eigenvalue weighted by atomic mass is 10.0. The molecule has 74 valence electrons. The zero-order valence-corrected chi connectivity index (χ0v) is 8.34. The Labute approximate surface area is 83.1 Å². The summed E-state index contributed by atoms with van der Waals surface area (Å²) in [4.78, 5) is 2.74. The molecule has 0 saturated carbocycles. The van der Waals surface area contributed by atoms with Crippen molar-refractivity contribution in [3.05, 3.63) is 40.3 Å². The number of benzene rings is 1. The van der Waals surface area contributed by atoms with Gasteiger partial charge in [-0.3, -0.25) is 0 Å². The molecule has 0 aliphatic rings. The van der Waals surface area contributed by atoms with E-state index in [-0.39, 0.29) is 5.92 Å². The van der Waals surface area contributed by atoms with Crippen LogP contribution in [-0.4, -0.2) is 13.7 Å². The maximum absolute atomic E-state index is 8.20. The van der Waals surface area contributed by atoms with Gasteiger partial charge in [0.1, 0.15) is 5.75 Å². The number of methoxy groups -OCH3 is 1. The Hall–Kier alpha value is -1.67. The van der Waals surface area contributed by atoms with Crippen molar-refractivity contribution in [2.24, 2.45) is 5.11 Å². The fraction of sp³-hybridized carbons (Fsp3) is 0.400. The van der Waals surface area contributed by atoms with Crippen molar-refractivity contribution in [1.29, 1.82) is 0 Å². The lowest BCUT2D eigenvalue weighted by molar-refractivity contribution is 0.414. The predicted octanol–water partition coefficient (Wildman–Crippen LogP) is 3.11. The van der Waals surface area contributed by atoms with E-state index in [4.69, 9.17) is 10.3 Å². The van der Waals surface area contributed by atoms with Gasteiger partial charge < -0.3 is 4.74 Å². The molecule has 1 atom stereocenters. The smallest absolute Gasteiger partial charge is 0.119 e. The van der Waals surface area contributed by atoms with Crippen LogP contribution in [0.4, 0.5) is 0 Å². The molecule has 0 radical (unpaired) electrons. The van der Waals surface area contributed by atoms with Gasteiger partial charge in [0.15, 0.2) is 0 Å². The van der Waals surface area contributed by atoms with Crippen molar-refractivity contribution in [2.75, 3.05) is 13.7 Å². The molecule has 4 heteroatoms. The first-order valence-corrected chi connectivity index (χ1v) is 4.42. The van der Waals surface area contributed by atoms with E-state index in [0.717, 1.165) is 11.3 Å². The molecule has 1 unspecified atom stereocenters. The first-order valence-electron chi connectivity index (χ1n) is 4.42. The van der Waals surface area contributed by atoms with Gasteiger partial charge in [-0.25, -0.2) is 0 Å². The summed E-state index contributed by atoms with van der Waals surface area (Å²) in [7, 11) is 1.64. The van der Waals surface area contributed by atoms with E-state index in [1.54, 1.807) is 7.11 Å². The van der Waals surface area contributed by atoms with Crippen molar-refractivity contribution in [2.45, 2.75) is 12.8 Å². The summed E-state index contributed by atoms with van der Waals surface area (Å²) in [5.74, 6) is 1.05. The highest BCUT2D eigenvalue weighted by molar-refractivity contribution is 5.30. The number of ether oxygens (including phenoxy) is 1. The molecule has 0 heterocycles. The molecule has 0 aromatic heterocycles. The van der Waals surface area contributed by atoms with Gasteiger partial charge in [0.2, 0.25) is 0 Å². The number of nitrogens with zero attached hydrogens (tertiary/aromatic N) is 3. The van der Waals surface area contributed by atoms with Crippen molar-refractivity contribution in [3.63, 3.8) is 0 Å². The molecule has 0 bridgehead atoms. The van der Waals surface area contributed by atoms with Gasteiger partial charge in [0, 0.05) is 11.5 Å². The molecule has 0 N–H and O–H groups in total. The van der Waals surface area contributed by atoms with E-state index in [2.05, 4.69) is 10.0 Å². The van der Waals surface area contributed by atoms with Crippen LogP contribution < -0.4 is 4.74 Å². The van der Waals surface area contributed by atoms with Crippen LogP contribution in [-0.2, 0) is 0 Å². The van der Waals surface area contributed by atoms with Crippen LogP contribution in [0.5, 0.6) is 5.75 Å². The summed E-state index contributed by atoms with van der Waals surface area (Å²) >= 11 is 0. The van der Waals surface area contributed by atoms with E-state index >= 15 is 0 Å². The molecule has 1 aromatic carbocycles. The lowest BCUT2D eigenvalue weighted by Gasteiger charge is -2.09. The Kier molecular flexibility index (Phi) is 3.83. The highest BCUT2D eigenvalue weighted by atomic mass is 16.5. The van der Waals surface area contributed by atoms with Gasteiger partial charge >= 0.3 is 0 Å². The highest BCUT2D eigenvalue weighted by Crippen LogP contribution is 2.20. The number of hydrogen-bond acceptors (Lipinski definition) is 2. The Bertz CT molecular complexity index is 345. The number of azide groups is 1. The quantitative estimate of drug-likeness (QED) is 0.409. The van der Waals surface area contributed by atoms with Crippen molar-refractivity contribution >= 4 is 0 Å². The summed E-state index contributed by atoms with van der Waals surface area (Å²) < 4.78 is 5.11. The second kappa shape index (κ2) is 5.14. The minimum atomic E-state index is 0.223. The standard InChI is InChI=1S/C10H13N3O/c1-8(7-12-13-11)9-4-3-5-10(6-9)14-2/h3-6,8H,7H2,1-2H3. The normalized spacial score (nSPS) is 11.6. The zero-order valence-electron chi connectivity index (χ0n) is 8.34. The summed E-state index contributed by atoms with van der Waals surface area (Å²) in [6, 6.07) is 7.78. The van der Waals surface area contributed by atoms with Crippen LogP contribution in [0.25, 0.3) is 10.4 Å². The average molecular weight is 191 g/mol. The summed E-state index contributed by atoms with van der Waals surface area (Å²) in [5, 5.41) is 3.54. The first kappa shape index (κ1) is 10.4. The van der Waals surface area contributed by atoms with Gasteiger partial charge in [0.05, 0.1) is 7.11 Å². The maximum atomic E-state index is 8.20. The third-order valence-electron chi connectivity index (χ3n) is 2.08.